The molecule has 0 bridgehead atoms. The summed E-state index contributed by atoms with van der Waals surface area (Å²) in [4.78, 5) is 37.5. The number of hydrogen-bond donors (Lipinski definition) is 0. The Hall–Kier alpha value is -2.37. The van der Waals surface area contributed by atoms with Gasteiger partial charge in [0, 0.05) is 19.3 Å². The van der Waals surface area contributed by atoms with E-state index in [1.54, 1.807) is 0 Å². The monoisotopic (exact) mass is 759 g/mol. The predicted molar refractivity (Wildman–Crippen MR) is 229 cm³/mol. The Bertz CT molecular complexity index is 922. The first-order chi connectivity index (χ1) is 26.5. The molecule has 6 nitrogen and oxygen atoms in total. The van der Waals surface area contributed by atoms with Gasteiger partial charge in [-0.3, -0.25) is 14.4 Å². The topological polar surface area (TPSA) is 78.9 Å². The molecule has 0 aliphatic carbocycles. The Morgan fingerprint density at radius 1 is 0.352 bits per heavy atom. The van der Waals surface area contributed by atoms with Crippen LogP contribution in [-0.4, -0.2) is 37.2 Å². The van der Waals surface area contributed by atoms with Gasteiger partial charge in [0.05, 0.1) is 0 Å². The summed E-state index contributed by atoms with van der Waals surface area (Å²) in [5, 5.41) is 0. The van der Waals surface area contributed by atoms with Crippen LogP contribution in [0.2, 0.25) is 0 Å². The molecule has 0 N–H and O–H groups in total. The van der Waals surface area contributed by atoms with E-state index in [0.29, 0.717) is 25.7 Å². The van der Waals surface area contributed by atoms with Gasteiger partial charge in [-0.05, 0) is 83.5 Å². The summed E-state index contributed by atoms with van der Waals surface area (Å²) in [5.74, 6) is -0.977. The third kappa shape index (κ3) is 40.8. The van der Waals surface area contributed by atoms with Crippen molar-refractivity contribution in [3.8, 4) is 0 Å². The van der Waals surface area contributed by atoms with Gasteiger partial charge in [0.25, 0.3) is 0 Å². The van der Waals surface area contributed by atoms with Gasteiger partial charge in [-0.15, -0.1) is 0 Å². The molecule has 1 atom stereocenters. The third-order valence-electron chi connectivity index (χ3n) is 9.84. The number of hydrogen-bond acceptors (Lipinski definition) is 6. The second-order valence-corrected chi connectivity index (χ2v) is 15.3. The molecule has 0 aromatic heterocycles. The second-order valence-electron chi connectivity index (χ2n) is 15.3. The number of carbonyl (C=O) groups excluding carboxylic acids is 3. The van der Waals surface area contributed by atoms with Crippen molar-refractivity contribution in [2.24, 2.45) is 0 Å². The molecular weight excluding hydrogens is 673 g/mol. The van der Waals surface area contributed by atoms with Crippen LogP contribution < -0.4 is 0 Å². The highest BCUT2D eigenvalue weighted by Crippen LogP contribution is 2.13. The maximum Gasteiger partial charge on any atom is 0.306 e. The molecule has 0 fully saturated rings. The smallest absolute Gasteiger partial charge is 0.306 e. The number of unbranched alkanes of at least 4 members (excludes halogenated alkanes) is 24. The highest BCUT2D eigenvalue weighted by molar-refractivity contribution is 5.71. The standard InChI is InChI=1S/C48H86O6/c1-4-7-10-13-16-19-20-21-22-23-24-25-26-27-30-32-35-38-41-47(50)53-44-45(54-48(51)42-39-36-33-29-18-15-12-9-6-3)43-52-46(49)40-37-34-31-28-17-14-11-8-5-2/h24-25,28-29,31,33,45H,4-23,26-27,30,32,34-44H2,1-3H3/b25-24-,31-28-,33-29-. The number of carbonyl (C=O) groups is 3. The van der Waals surface area contributed by atoms with E-state index in [-0.39, 0.29) is 37.5 Å². The van der Waals surface area contributed by atoms with Crippen LogP contribution in [0.4, 0.5) is 0 Å². The van der Waals surface area contributed by atoms with E-state index < -0.39 is 6.10 Å². The van der Waals surface area contributed by atoms with E-state index in [2.05, 4.69) is 57.2 Å². The third-order valence-corrected chi connectivity index (χ3v) is 9.84. The molecule has 0 aromatic carbocycles. The summed E-state index contributed by atoms with van der Waals surface area (Å²) in [6, 6.07) is 0. The van der Waals surface area contributed by atoms with E-state index in [0.717, 1.165) is 51.4 Å². The first-order valence-corrected chi connectivity index (χ1v) is 23.0. The minimum absolute atomic E-state index is 0.0956. The number of allylic oxidation sites excluding steroid dienone is 6. The molecule has 0 amide bonds. The summed E-state index contributed by atoms with van der Waals surface area (Å²) in [5.41, 5.74) is 0. The highest BCUT2D eigenvalue weighted by atomic mass is 16.6. The zero-order valence-corrected chi connectivity index (χ0v) is 35.7. The van der Waals surface area contributed by atoms with Crippen LogP contribution in [0.15, 0.2) is 36.5 Å². The molecule has 54 heavy (non-hydrogen) atoms. The minimum Gasteiger partial charge on any atom is -0.462 e. The van der Waals surface area contributed by atoms with Crippen molar-refractivity contribution in [1.29, 1.82) is 0 Å². The molecular formula is C48H86O6. The number of esters is 3. The number of rotatable bonds is 41. The number of ether oxygens (including phenoxy) is 3. The van der Waals surface area contributed by atoms with Crippen molar-refractivity contribution in [2.45, 2.75) is 239 Å². The van der Waals surface area contributed by atoms with Crippen molar-refractivity contribution in [3.05, 3.63) is 36.5 Å². The van der Waals surface area contributed by atoms with Crippen LogP contribution in [0.5, 0.6) is 0 Å². The molecule has 0 rings (SSSR count). The van der Waals surface area contributed by atoms with Gasteiger partial charge in [-0.25, -0.2) is 0 Å². The summed E-state index contributed by atoms with van der Waals surface area (Å²) < 4.78 is 16.6. The van der Waals surface area contributed by atoms with E-state index in [1.807, 2.05) is 0 Å². The van der Waals surface area contributed by atoms with E-state index in [9.17, 15) is 14.4 Å². The molecule has 0 saturated heterocycles. The van der Waals surface area contributed by atoms with Gasteiger partial charge in [-0.1, -0.05) is 166 Å². The van der Waals surface area contributed by atoms with Gasteiger partial charge >= 0.3 is 17.9 Å². The fourth-order valence-electron chi connectivity index (χ4n) is 6.33. The Kier molecular flexibility index (Phi) is 41.5. The maximum absolute atomic E-state index is 12.6. The van der Waals surface area contributed by atoms with Crippen molar-refractivity contribution in [2.75, 3.05) is 13.2 Å². The van der Waals surface area contributed by atoms with E-state index >= 15 is 0 Å². The van der Waals surface area contributed by atoms with Crippen LogP contribution in [0, 0.1) is 0 Å². The van der Waals surface area contributed by atoms with Gasteiger partial charge in [-0.2, -0.15) is 0 Å². The SMILES string of the molecule is CCCCCC/C=C\CCCC(=O)OCC(COC(=O)CCCCCCC/C=C\CCCCCCCCCCC)OC(=O)CCC/C=C\CCCCCC. The zero-order valence-electron chi connectivity index (χ0n) is 35.7. The van der Waals surface area contributed by atoms with Crippen LogP contribution >= 0.6 is 0 Å². The van der Waals surface area contributed by atoms with Crippen molar-refractivity contribution in [1.82, 2.24) is 0 Å². The van der Waals surface area contributed by atoms with Crippen molar-refractivity contribution < 1.29 is 28.6 Å². The van der Waals surface area contributed by atoms with Crippen LogP contribution in [0.3, 0.4) is 0 Å². The van der Waals surface area contributed by atoms with Gasteiger partial charge in [0.1, 0.15) is 13.2 Å². The second kappa shape index (κ2) is 43.4. The minimum atomic E-state index is -0.795. The van der Waals surface area contributed by atoms with Gasteiger partial charge in [0.15, 0.2) is 6.10 Å². The molecule has 0 radical (unpaired) electrons. The lowest BCUT2D eigenvalue weighted by Crippen LogP contribution is -2.30. The molecule has 1 unspecified atom stereocenters. The molecule has 0 aliphatic rings. The first-order valence-electron chi connectivity index (χ1n) is 23.0. The lowest BCUT2D eigenvalue weighted by molar-refractivity contribution is -0.167. The molecule has 0 heterocycles. The zero-order chi connectivity index (χ0) is 39.4. The lowest BCUT2D eigenvalue weighted by Gasteiger charge is -2.18. The van der Waals surface area contributed by atoms with Crippen LogP contribution in [-0.2, 0) is 28.6 Å². The average molecular weight is 759 g/mol. The Balaban J connectivity index is 4.30. The summed E-state index contributed by atoms with van der Waals surface area (Å²) >= 11 is 0. The fraction of sp³-hybridized carbons (Fsp3) is 0.812. The molecule has 0 aliphatic heterocycles. The normalized spacial score (nSPS) is 12.3. The van der Waals surface area contributed by atoms with Gasteiger partial charge < -0.3 is 14.2 Å². The Morgan fingerprint density at radius 3 is 1.02 bits per heavy atom. The molecule has 0 aromatic rings. The Morgan fingerprint density at radius 2 is 0.630 bits per heavy atom. The van der Waals surface area contributed by atoms with Crippen molar-refractivity contribution >= 4 is 17.9 Å². The summed E-state index contributed by atoms with van der Waals surface area (Å²) in [6.07, 6.45) is 48.7. The average Bonchev–Trinajstić information content (AvgIpc) is 3.17. The largest absolute Gasteiger partial charge is 0.462 e. The van der Waals surface area contributed by atoms with Gasteiger partial charge in [0.2, 0.25) is 0 Å². The summed E-state index contributed by atoms with van der Waals surface area (Å²) in [6.45, 7) is 6.51. The van der Waals surface area contributed by atoms with Crippen LogP contribution in [0.25, 0.3) is 0 Å². The highest BCUT2D eigenvalue weighted by Gasteiger charge is 2.19. The maximum atomic E-state index is 12.6. The molecule has 6 heteroatoms. The quantitative estimate of drug-likeness (QED) is 0.0267. The molecule has 314 valence electrons. The first kappa shape index (κ1) is 51.6. The lowest BCUT2D eigenvalue weighted by atomic mass is 10.1. The fourth-order valence-corrected chi connectivity index (χ4v) is 6.33. The predicted octanol–water partition coefficient (Wildman–Crippen LogP) is 14.6. The molecule has 0 spiro atoms. The van der Waals surface area contributed by atoms with Crippen molar-refractivity contribution in [3.63, 3.8) is 0 Å². The van der Waals surface area contributed by atoms with E-state index in [4.69, 9.17) is 14.2 Å². The van der Waals surface area contributed by atoms with E-state index in [1.165, 1.54) is 128 Å². The Labute approximate surface area is 334 Å². The molecule has 0 saturated carbocycles. The summed E-state index contributed by atoms with van der Waals surface area (Å²) in [7, 11) is 0. The van der Waals surface area contributed by atoms with Crippen LogP contribution in [0.1, 0.15) is 233 Å².